The Bertz CT molecular complexity index is 829. The van der Waals surface area contributed by atoms with Gasteiger partial charge in [-0.05, 0) is 29.7 Å². The summed E-state index contributed by atoms with van der Waals surface area (Å²) in [6, 6.07) is 13.9. The molecule has 1 aliphatic rings. The standard InChI is InChI=1S/C18H21NO3S/c1-2-19(17-9-10-23(21,22)13-17)18(20)12-14-7-8-15-5-3-4-6-16(15)11-14/h3-8,11,17H,2,9-10,12-13H2,1H3. The molecule has 2 aromatic carbocycles. The lowest BCUT2D eigenvalue weighted by Gasteiger charge is -2.27. The van der Waals surface area contributed by atoms with Crippen molar-refractivity contribution in [2.45, 2.75) is 25.8 Å². The first kappa shape index (κ1) is 16.0. The van der Waals surface area contributed by atoms with Crippen LogP contribution < -0.4 is 0 Å². The summed E-state index contributed by atoms with van der Waals surface area (Å²) in [6.45, 7) is 2.45. The molecule has 0 bridgehead atoms. The van der Waals surface area contributed by atoms with Gasteiger partial charge in [0, 0.05) is 12.6 Å². The number of hydrogen-bond acceptors (Lipinski definition) is 3. The molecular weight excluding hydrogens is 310 g/mol. The number of benzene rings is 2. The highest BCUT2D eigenvalue weighted by Crippen LogP contribution is 2.20. The van der Waals surface area contributed by atoms with Crippen LogP contribution >= 0.6 is 0 Å². The number of sulfone groups is 1. The second-order valence-electron chi connectivity index (χ2n) is 6.09. The molecule has 1 atom stereocenters. The van der Waals surface area contributed by atoms with Crippen LogP contribution in [-0.2, 0) is 21.1 Å². The maximum absolute atomic E-state index is 12.6. The summed E-state index contributed by atoms with van der Waals surface area (Å²) >= 11 is 0. The number of nitrogens with zero attached hydrogens (tertiary/aromatic N) is 1. The molecule has 1 amide bonds. The van der Waals surface area contributed by atoms with Crippen molar-refractivity contribution in [2.75, 3.05) is 18.1 Å². The minimum Gasteiger partial charge on any atom is -0.339 e. The molecule has 1 fully saturated rings. The van der Waals surface area contributed by atoms with Gasteiger partial charge < -0.3 is 4.90 Å². The van der Waals surface area contributed by atoms with Gasteiger partial charge in [-0.15, -0.1) is 0 Å². The molecule has 3 rings (SSSR count). The van der Waals surface area contributed by atoms with E-state index in [1.54, 1.807) is 4.90 Å². The predicted octanol–water partition coefficient (Wildman–Crippen LogP) is 2.42. The van der Waals surface area contributed by atoms with Crippen molar-refractivity contribution in [3.05, 3.63) is 48.0 Å². The highest BCUT2D eigenvalue weighted by atomic mass is 32.2. The van der Waals surface area contributed by atoms with Gasteiger partial charge in [0.1, 0.15) is 0 Å². The molecule has 0 aliphatic carbocycles. The molecule has 1 heterocycles. The minimum atomic E-state index is -2.98. The molecule has 0 spiro atoms. The van der Waals surface area contributed by atoms with Crippen molar-refractivity contribution in [2.24, 2.45) is 0 Å². The Morgan fingerprint density at radius 1 is 1.17 bits per heavy atom. The second kappa shape index (κ2) is 6.32. The molecule has 0 radical (unpaired) electrons. The molecule has 1 saturated heterocycles. The van der Waals surface area contributed by atoms with Crippen LogP contribution in [0.2, 0.25) is 0 Å². The van der Waals surface area contributed by atoms with Crippen molar-refractivity contribution in [1.29, 1.82) is 0 Å². The third-order valence-corrected chi connectivity index (χ3v) is 6.23. The van der Waals surface area contributed by atoms with Gasteiger partial charge in [0.2, 0.25) is 5.91 Å². The molecule has 122 valence electrons. The van der Waals surface area contributed by atoms with Gasteiger partial charge in [-0.1, -0.05) is 42.5 Å². The lowest BCUT2D eigenvalue weighted by molar-refractivity contribution is -0.132. The molecule has 1 aliphatic heterocycles. The summed E-state index contributed by atoms with van der Waals surface area (Å²) in [4.78, 5) is 14.3. The van der Waals surface area contributed by atoms with Gasteiger partial charge in [-0.2, -0.15) is 0 Å². The minimum absolute atomic E-state index is 0.00452. The monoisotopic (exact) mass is 331 g/mol. The molecule has 5 heteroatoms. The lowest BCUT2D eigenvalue weighted by atomic mass is 10.0. The van der Waals surface area contributed by atoms with E-state index in [-0.39, 0.29) is 23.5 Å². The second-order valence-corrected chi connectivity index (χ2v) is 8.32. The molecule has 0 N–H and O–H groups in total. The van der Waals surface area contributed by atoms with Crippen molar-refractivity contribution < 1.29 is 13.2 Å². The van der Waals surface area contributed by atoms with Crippen LogP contribution in [0.25, 0.3) is 10.8 Å². The summed E-state index contributed by atoms with van der Waals surface area (Å²) in [5, 5.41) is 2.27. The normalized spacial score (nSPS) is 19.8. The Balaban J connectivity index is 1.76. The predicted molar refractivity (Wildman–Crippen MR) is 92.1 cm³/mol. The number of carbonyl (C=O) groups excluding carboxylic acids is 1. The Hall–Kier alpha value is -1.88. The first-order valence-corrected chi connectivity index (χ1v) is 9.78. The molecular formula is C18H21NO3S. The first-order chi connectivity index (χ1) is 11.0. The molecule has 1 unspecified atom stereocenters. The van der Waals surface area contributed by atoms with Gasteiger partial charge in [0.15, 0.2) is 9.84 Å². The summed E-state index contributed by atoms with van der Waals surface area (Å²) < 4.78 is 23.3. The SMILES string of the molecule is CCN(C(=O)Cc1ccc2ccccc2c1)C1CCS(=O)(=O)C1. The number of likely N-dealkylation sites (N-methyl/N-ethyl adjacent to an activating group) is 1. The van der Waals surface area contributed by atoms with Crippen molar-refractivity contribution in [1.82, 2.24) is 4.90 Å². The summed E-state index contributed by atoms with van der Waals surface area (Å²) in [7, 11) is -2.98. The molecule has 0 saturated carbocycles. The van der Waals surface area contributed by atoms with E-state index >= 15 is 0 Å². The molecule has 2 aromatic rings. The average molecular weight is 331 g/mol. The first-order valence-electron chi connectivity index (χ1n) is 7.96. The number of rotatable bonds is 4. The maximum Gasteiger partial charge on any atom is 0.227 e. The topological polar surface area (TPSA) is 54.5 Å². The maximum atomic E-state index is 12.6. The third kappa shape index (κ3) is 3.55. The summed E-state index contributed by atoms with van der Waals surface area (Å²) in [5.74, 6) is 0.298. The number of fused-ring (bicyclic) bond motifs is 1. The van der Waals surface area contributed by atoms with E-state index in [0.717, 1.165) is 16.3 Å². The molecule has 4 nitrogen and oxygen atoms in total. The highest BCUT2D eigenvalue weighted by molar-refractivity contribution is 7.91. The van der Waals surface area contributed by atoms with Crippen LogP contribution in [0, 0.1) is 0 Å². The van der Waals surface area contributed by atoms with E-state index in [0.29, 0.717) is 19.4 Å². The smallest absolute Gasteiger partial charge is 0.227 e. The fourth-order valence-corrected chi connectivity index (χ4v) is 5.02. The van der Waals surface area contributed by atoms with Crippen LogP contribution in [0.3, 0.4) is 0 Å². The van der Waals surface area contributed by atoms with E-state index in [1.165, 1.54) is 0 Å². The van der Waals surface area contributed by atoms with Gasteiger partial charge in [-0.25, -0.2) is 8.42 Å². The quantitative estimate of drug-likeness (QED) is 0.864. The van der Waals surface area contributed by atoms with Crippen LogP contribution in [0.5, 0.6) is 0 Å². The van der Waals surface area contributed by atoms with Crippen molar-refractivity contribution >= 4 is 26.5 Å². The van der Waals surface area contributed by atoms with Crippen LogP contribution in [0.1, 0.15) is 18.9 Å². The van der Waals surface area contributed by atoms with Crippen molar-refractivity contribution in [3.8, 4) is 0 Å². The fraction of sp³-hybridized carbons (Fsp3) is 0.389. The van der Waals surface area contributed by atoms with E-state index in [2.05, 4.69) is 0 Å². The van der Waals surface area contributed by atoms with E-state index in [1.807, 2.05) is 49.4 Å². The largest absolute Gasteiger partial charge is 0.339 e. The zero-order valence-corrected chi connectivity index (χ0v) is 14.1. The fourth-order valence-electron chi connectivity index (χ4n) is 3.28. The van der Waals surface area contributed by atoms with Crippen LogP contribution in [0.4, 0.5) is 0 Å². The lowest BCUT2D eigenvalue weighted by Crippen LogP contribution is -2.41. The Morgan fingerprint density at radius 3 is 2.57 bits per heavy atom. The summed E-state index contributed by atoms with van der Waals surface area (Å²) in [5.41, 5.74) is 0.966. The Morgan fingerprint density at radius 2 is 1.91 bits per heavy atom. The number of amides is 1. The van der Waals surface area contributed by atoms with Gasteiger partial charge in [0.25, 0.3) is 0 Å². The third-order valence-electron chi connectivity index (χ3n) is 4.48. The number of hydrogen-bond donors (Lipinski definition) is 0. The highest BCUT2D eigenvalue weighted by Gasteiger charge is 2.33. The van der Waals surface area contributed by atoms with Gasteiger partial charge in [0.05, 0.1) is 17.9 Å². The van der Waals surface area contributed by atoms with Crippen LogP contribution in [0.15, 0.2) is 42.5 Å². The number of carbonyl (C=O) groups is 1. The van der Waals surface area contributed by atoms with Gasteiger partial charge >= 0.3 is 0 Å². The average Bonchev–Trinajstić information content (AvgIpc) is 2.87. The van der Waals surface area contributed by atoms with Crippen molar-refractivity contribution in [3.63, 3.8) is 0 Å². The van der Waals surface area contributed by atoms with E-state index < -0.39 is 9.84 Å². The van der Waals surface area contributed by atoms with Gasteiger partial charge in [-0.3, -0.25) is 4.79 Å². The Labute approximate surface area is 137 Å². The van der Waals surface area contributed by atoms with E-state index in [4.69, 9.17) is 0 Å². The zero-order chi connectivity index (χ0) is 16.4. The van der Waals surface area contributed by atoms with Crippen LogP contribution in [-0.4, -0.2) is 43.3 Å². The molecule has 23 heavy (non-hydrogen) atoms. The summed E-state index contributed by atoms with van der Waals surface area (Å²) in [6.07, 6.45) is 0.870. The van der Waals surface area contributed by atoms with E-state index in [9.17, 15) is 13.2 Å². The Kier molecular flexibility index (Phi) is 4.39. The zero-order valence-electron chi connectivity index (χ0n) is 13.2. The molecule has 0 aromatic heterocycles.